The molecular weight excluding hydrogens is 268 g/mol. The van der Waals surface area contributed by atoms with Crippen molar-refractivity contribution >= 4 is 39.1 Å². The maximum absolute atomic E-state index is 11.8. The molecule has 0 N–H and O–H groups in total. The molecule has 0 radical (unpaired) electrons. The number of para-hydroxylation sites is 1. The second-order valence-electron chi connectivity index (χ2n) is 4.12. The second-order valence-corrected chi connectivity index (χ2v) is 5.61. The van der Waals surface area contributed by atoms with Gasteiger partial charge in [0, 0.05) is 19.3 Å². The van der Waals surface area contributed by atoms with Gasteiger partial charge < -0.3 is 4.90 Å². The van der Waals surface area contributed by atoms with Crippen LogP contribution in [0, 0.1) is 0 Å². The van der Waals surface area contributed by atoms with Crippen molar-refractivity contribution in [2.24, 2.45) is 0 Å². The van der Waals surface area contributed by atoms with Crippen molar-refractivity contribution in [2.45, 2.75) is 19.4 Å². The van der Waals surface area contributed by atoms with Crippen LogP contribution in [0.15, 0.2) is 24.3 Å². The summed E-state index contributed by atoms with van der Waals surface area (Å²) in [6.07, 6.45) is 1.23. The lowest BCUT2D eigenvalue weighted by Crippen LogP contribution is -2.25. The van der Waals surface area contributed by atoms with E-state index >= 15 is 0 Å². The standard InChI is InChI=1S/C13H15ClN2OS/c1-16(13(17)7-4-8-14)9-12-15-10-5-2-3-6-11(10)18-12/h2-3,5-6H,4,7-9H2,1H3. The minimum Gasteiger partial charge on any atom is -0.339 e. The molecule has 18 heavy (non-hydrogen) atoms. The topological polar surface area (TPSA) is 33.2 Å². The molecule has 0 bridgehead atoms. The summed E-state index contributed by atoms with van der Waals surface area (Å²) in [6.45, 7) is 0.570. The van der Waals surface area contributed by atoms with Crippen LogP contribution in [0.3, 0.4) is 0 Å². The van der Waals surface area contributed by atoms with Crippen molar-refractivity contribution in [1.29, 1.82) is 0 Å². The number of amides is 1. The Bertz CT molecular complexity index is 508. The number of hydrogen-bond acceptors (Lipinski definition) is 3. The molecule has 0 aliphatic heterocycles. The molecular formula is C13H15ClN2OS. The number of hydrogen-bond donors (Lipinski definition) is 0. The highest BCUT2D eigenvalue weighted by Crippen LogP contribution is 2.22. The molecule has 0 atom stereocenters. The van der Waals surface area contributed by atoms with Gasteiger partial charge in [0.15, 0.2) is 0 Å². The molecule has 2 aromatic rings. The van der Waals surface area contributed by atoms with Crippen LogP contribution in [0.25, 0.3) is 10.2 Å². The third-order valence-electron chi connectivity index (χ3n) is 2.66. The monoisotopic (exact) mass is 282 g/mol. The Balaban J connectivity index is 2.02. The largest absolute Gasteiger partial charge is 0.339 e. The first-order valence-electron chi connectivity index (χ1n) is 5.85. The predicted octanol–water partition coefficient (Wildman–Crippen LogP) is 3.27. The summed E-state index contributed by atoms with van der Waals surface area (Å²) in [6, 6.07) is 8.01. The van der Waals surface area contributed by atoms with Crippen molar-refractivity contribution in [2.75, 3.05) is 12.9 Å². The third-order valence-corrected chi connectivity index (χ3v) is 3.95. The number of aromatic nitrogens is 1. The molecule has 1 aromatic heterocycles. The normalized spacial score (nSPS) is 10.8. The summed E-state index contributed by atoms with van der Waals surface area (Å²) < 4.78 is 1.16. The molecule has 2 rings (SSSR count). The van der Waals surface area contributed by atoms with E-state index in [4.69, 9.17) is 11.6 Å². The molecule has 1 amide bonds. The van der Waals surface area contributed by atoms with Crippen molar-refractivity contribution in [3.63, 3.8) is 0 Å². The van der Waals surface area contributed by atoms with Crippen LogP contribution in [0.5, 0.6) is 0 Å². The number of fused-ring (bicyclic) bond motifs is 1. The number of nitrogens with zero attached hydrogens (tertiary/aromatic N) is 2. The van der Waals surface area contributed by atoms with E-state index in [-0.39, 0.29) is 5.91 Å². The Hall–Kier alpha value is -1.13. The van der Waals surface area contributed by atoms with Crippen LogP contribution in [0.1, 0.15) is 17.8 Å². The summed E-state index contributed by atoms with van der Waals surface area (Å²) >= 11 is 7.22. The van der Waals surface area contributed by atoms with Crippen LogP contribution in [-0.2, 0) is 11.3 Å². The highest BCUT2D eigenvalue weighted by atomic mass is 35.5. The molecule has 0 spiro atoms. The van der Waals surface area contributed by atoms with Gasteiger partial charge in [0.05, 0.1) is 16.8 Å². The lowest BCUT2D eigenvalue weighted by atomic mass is 10.3. The molecule has 96 valence electrons. The number of rotatable bonds is 5. The van der Waals surface area contributed by atoms with Gasteiger partial charge in [-0.1, -0.05) is 12.1 Å². The van der Waals surface area contributed by atoms with E-state index in [9.17, 15) is 4.79 Å². The Morgan fingerprint density at radius 3 is 2.94 bits per heavy atom. The molecule has 5 heteroatoms. The second kappa shape index (κ2) is 6.16. The lowest BCUT2D eigenvalue weighted by Gasteiger charge is -2.14. The van der Waals surface area contributed by atoms with Gasteiger partial charge >= 0.3 is 0 Å². The van der Waals surface area contributed by atoms with E-state index in [0.29, 0.717) is 18.8 Å². The molecule has 3 nitrogen and oxygen atoms in total. The van der Waals surface area contributed by atoms with Crippen LogP contribution in [-0.4, -0.2) is 28.7 Å². The molecule has 0 saturated heterocycles. The van der Waals surface area contributed by atoms with Crippen molar-refractivity contribution < 1.29 is 4.79 Å². The maximum atomic E-state index is 11.8. The smallest absolute Gasteiger partial charge is 0.222 e. The minimum absolute atomic E-state index is 0.120. The first-order valence-corrected chi connectivity index (χ1v) is 7.20. The van der Waals surface area contributed by atoms with Gasteiger partial charge in [-0.15, -0.1) is 22.9 Å². The number of carbonyl (C=O) groups excluding carboxylic acids is 1. The van der Waals surface area contributed by atoms with E-state index in [1.54, 1.807) is 16.2 Å². The SMILES string of the molecule is CN(Cc1nc2ccccc2s1)C(=O)CCCCl. The summed E-state index contributed by atoms with van der Waals surface area (Å²) in [4.78, 5) is 18.0. The van der Waals surface area contributed by atoms with Gasteiger partial charge in [-0.3, -0.25) is 4.79 Å². The maximum Gasteiger partial charge on any atom is 0.222 e. The average molecular weight is 283 g/mol. The van der Waals surface area contributed by atoms with Crippen molar-refractivity contribution in [3.05, 3.63) is 29.3 Å². The fourth-order valence-electron chi connectivity index (χ4n) is 1.69. The highest BCUT2D eigenvalue weighted by Gasteiger charge is 2.11. The fraction of sp³-hybridized carbons (Fsp3) is 0.385. The number of thiazole rings is 1. The first kappa shape index (κ1) is 13.3. The Morgan fingerprint density at radius 1 is 1.44 bits per heavy atom. The van der Waals surface area contributed by atoms with Gasteiger partial charge in [-0.2, -0.15) is 0 Å². The van der Waals surface area contributed by atoms with Crippen molar-refractivity contribution in [3.8, 4) is 0 Å². The van der Waals surface area contributed by atoms with E-state index < -0.39 is 0 Å². The van der Waals surface area contributed by atoms with Crippen molar-refractivity contribution in [1.82, 2.24) is 9.88 Å². The first-order chi connectivity index (χ1) is 8.70. The van der Waals surface area contributed by atoms with E-state index in [1.165, 1.54) is 0 Å². The zero-order chi connectivity index (χ0) is 13.0. The Kier molecular flexibility index (Phi) is 4.55. The quantitative estimate of drug-likeness (QED) is 0.789. The third kappa shape index (κ3) is 3.21. The molecule has 0 aliphatic rings. The van der Waals surface area contributed by atoms with Gasteiger partial charge in [-0.25, -0.2) is 4.98 Å². The Labute approximate surface area is 115 Å². The molecule has 1 aromatic carbocycles. The molecule has 0 fully saturated rings. The van der Waals surface area contributed by atoms with Crippen LogP contribution in [0.4, 0.5) is 0 Å². The van der Waals surface area contributed by atoms with Gasteiger partial charge in [0.25, 0.3) is 0 Å². The number of carbonyl (C=O) groups is 1. The molecule has 0 aliphatic carbocycles. The van der Waals surface area contributed by atoms with Crippen LogP contribution < -0.4 is 0 Å². The highest BCUT2D eigenvalue weighted by molar-refractivity contribution is 7.18. The molecule has 0 saturated carbocycles. The van der Waals surface area contributed by atoms with E-state index in [0.717, 1.165) is 21.6 Å². The zero-order valence-corrected chi connectivity index (χ0v) is 11.8. The fourth-order valence-corrected chi connectivity index (χ4v) is 2.84. The summed E-state index contributed by atoms with van der Waals surface area (Å²) in [7, 11) is 1.81. The van der Waals surface area contributed by atoms with Crippen LogP contribution >= 0.6 is 22.9 Å². The number of benzene rings is 1. The van der Waals surface area contributed by atoms with Gasteiger partial charge in [0.2, 0.25) is 5.91 Å². The van der Waals surface area contributed by atoms with E-state index in [2.05, 4.69) is 4.98 Å². The number of alkyl halides is 1. The summed E-state index contributed by atoms with van der Waals surface area (Å²) in [5.74, 6) is 0.649. The predicted molar refractivity (Wildman–Crippen MR) is 76.0 cm³/mol. The number of halogens is 1. The minimum atomic E-state index is 0.120. The Morgan fingerprint density at radius 2 is 2.22 bits per heavy atom. The van der Waals surface area contributed by atoms with E-state index in [1.807, 2.05) is 31.3 Å². The van der Waals surface area contributed by atoms with Crippen LogP contribution in [0.2, 0.25) is 0 Å². The lowest BCUT2D eigenvalue weighted by molar-refractivity contribution is -0.130. The molecule has 0 unspecified atom stereocenters. The van der Waals surface area contributed by atoms with Gasteiger partial charge in [0.1, 0.15) is 5.01 Å². The average Bonchev–Trinajstić information content (AvgIpc) is 2.77. The summed E-state index contributed by atoms with van der Waals surface area (Å²) in [5.41, 5.74) is 0.999. The zero-order valence-electron chi connectivity index (χ0n) is 10.2. The summed E-state index contributed by atoms with van der Waals surface area (Å²) in [5, 5.41) is 0.970. The molecule has 1 heterocycles. The van der Waals surface area contributed by atoms with Gasteiger partial charge in [-0.05, 0) is 18.6 Å².